The molecule has 0 saturated heterocycles. The Hall–Kier alpha value is -3.71. The van der Waals surface area contributed by atoms with Crippen molar-refractivity contribution in [3.63, 3.8) is 0 Å². The van der Waals surface area contributed by atoms with Gasteiger partial charge < -0.3 is 14.5 Å². The molecule has 6 nitrogen and oxygen atoms in total. The Morgan fingerprint density at radius 1 is 1.09 bits per heavy atom. The van der Waals surface area contributed by atoms with Crippen molar-refractivity contribution in [3.8, 4) is 17.2 Å². The van der Waals surface area contributed by atoms with Crippen LogP contribution in [0.2, 0.25) is 0 Å². The average Bonchev–Trinajstić information content (AvgIpc) is 3.28. The van der Waals surface area contributed by atoms with Crippen molar-refractivity contribution in [3.05, 3.63) is 77.9 Å². The molecular weight excluding hydrogens is 458 g/mol. The minimum atomic E-state index is -0.307. The van der Waals surface area contributed by atoms with E-state index in [4.69, 9.17) is 21.4 Å². The van der Waals surface area contributed by atoms with Crippen molar-refractivity contribution in [2.45, 2.75) is 39.5 Å². The molecule has 0 aliphatic carbocycles. The first-order valence-corrected chi connectivity index (χ1v) is 12.2. The molecule has 35 heavy (non-hydrogen) atoms. The van der Waals surface area contributed by atoms with Gasteiger partial charge in [0.25, 0.3) is 5.91 Å². The number of rotatable bonds is 8. The fourth-order valence-electron chi connectivity index (χ4n) is 3.54. The van der Waals surface area contributed by atoms with Crippen LogP contribution in [0.5, 0.6) is 5.75 Å². The van der Waals surface area contributed by atoms with E-state index in [2.05, 4.69) is 48.5 Å². The normalized spacial score (nSPS) is 11.0. The standard InChI is InChI=1S/C28H29N3O3S/c1-4-5-15-33-23-8-6-7-21(16-23)26(32)31-28(35)29-22-13-14-25-24(17-22)30-27(34-25)20-11-9-19(10-12-20)18(2)3/h6-14,16-18H,4-5,15H2,1-3H3,(H2,29,31,32,35). The van der Waals surface area contributed by atoms with Gasteiger partial charge in [0.15, 0.2) is 10.7 Å². The summed E-state index contributed by atoms with van der Waals surface area (Å²) >= 11 is 5.35. The molecule has 180 valence electrons. The molecule has 4 rings (SSSR count). The van der Waals surface area contributed by atoms with E-state index in [1.54, 1.807) is 18.2 Å². The summed E-state index contributed by atoms with van der Waals surface area (Å²) in [5.41, 5.74) is 4.74. The molecule has 1 heterocycles. The minimum absolute atomic E-state index is 0.194. The SMILES string of the molecule is CCCCOc1cccc(C(=O)NC(=S)Nc2ccc3oc(-c4ccc(C(C)C)cc4)nc3c2)c1. The van der Waals surface area contributed by atoms with Crippen molar-refractivity contribution in [2.75, 3.05) is 11.9 Å². The number of aromatic nitrogens is 1. The Morgan fingerprint density at radius 3 is 2.63 bits per heavy atom. The predicted octanol–water partition coefficient (Wildman–Crippen LogP) is 6.92. The number of carbonyl (C=O) groups is 1. The number of nitrogens with one attached hydrogen (secondary N) is 2. The lowest BCUT2D eigenvalue weighted by Crippen LogP contribution is -2.34. The summed E-state index contributed by atoms with van der Waals surface area (Å²) in [5, 5.41) is 5.96. The van der Waals surface area contributed by atoms with Crippen LogP contribution in [0.1, 0.15) is 55.5 Å². The number of thiocarbonyl (C=S) groups is 1. The molecule has 0 bridgehead atoms. The van der Waals surface area contributed by atoms with Crippen molar-refractivity contribution in [1.82, 2.24) is 10.3 Å². The first-order chi connectivity index (χ1) is 16.9. The molecule has 7 heteroatoms. The Bertz CT molecular complexity index is 1330. The van der Waals surface area contributed by atoms with Crippen molar-refractivity contribution >= 4 is 40.0 Å². The van der Waals surface area contributed by atoms with E-state index >= 15 is 0 Å². The summed E-state index contributed by atoms with van der Waals surface area (Å²) < 4.78 is 11.6. The average molecular weight is 488 g/mol. The third-order valence-corrected chi connectivity index (χ3v) is 5.76. The summed E-state index contributed by atoms with van der Waals surface area (Å²) in [6.45, 7) is 7.05. The monoisotopic (exact) mass is 487 g/mol. The third kappa shape index (κ3) is 6.25. The molecule has 0 saturated carbocycles. The summed E-state index contributed by atoms with van der Waals surface area (Å²) in [6, 6.07) is 20.8. The quantitative estimate of drug-likeness (QED) is 0.207. The summed E-state index contributed by atoms with van der Waals surface area (Å²) in [5.74, 6) is 1.38. The fraction of sp³-hybridized carbons (Fsp3) is 0.250. The molecule has 0 aliphatic rings. The van der Waals surface area contributed by atoms with Crippen LogP contribution in [0.25, 0.3) is 22.6 Å². The summed E-state index contributed by atoms with van der Waals surface area (Å²) in [4.78, 5) is 17.3. The van der Waals surface area contributed by atoms with Gasteiger partial charge in [-0.15, -0.1) is 0 Å². The first-order valence-electron chi connectivity index (χ1n) is 11.8. The number of ether oxygens (including phenoxy) is 1. The van der Waals surface area contributed by atoms with Crippen LogP contribution in [0.3, 0.4) is 0 Å². The van der Waals surface area contributed by atoms with Crippen LogP contribution >= 0.6 is 12.2 Å². The zero-order valence-electron chi connectivity index (χ0n) is 20.1. The first kappa shape index (κ1) is 24.4. The fourth-order valence-corrected chi connectivity index (χ4v) is 3.75. The molecule has 3 aromatic carbocycles. The number of benzene rings is 3. The topological polar surface area (TPSA) is 76.4 Å². The number of amides is 1. The van der Waals surface area contributed by atoms with Crippen LogP contribution in [-0.2, 0) is 0 Å². The Labute approximate surface area is 210 Å². The second-order valence-corrected chi connectivity index (χ2v) is 9.02. The van der Waals surface area contributed by atoms with Gasteiger partial charge in [-0.05, 0) is 78.7 Å². The third-order valence-electron chi connectivity index (χ3n) is 5.56. The van der Waals surface area contributed by atoms with Crippen molar-refractivity contribution < 1.29 is 13.9 Å². The van der Waals surface area contributed by atoms with Crippen LogP contribution in [-0.4, -0.2) is 22.6 Å². The maximum absolute atomic E-state index is 12.6. The van der Waals surface area contributed by atoms with E-state index in [9.17, 15) is 4.79 Å². The summed E-state index contributed by atoms with van der Waals surface area (Å²) in [7, 11) is 0. The maximum Gasteiger partial charge on any atom is 0.257 e. The van der Waals surface area contributed by atoms with Gasteiger partial charge in [-0.25, -0.2) is 4.98 Å². The van der Waals surface area contributed by atoms with Gasteiger partial charge in [-0.2, -0.15) is 0 Å². The van der Waals surface area contributed by atoms with Gasteiger partial charge in [0.2, 0.25) is 5.89 Å². The zero-order chi connectivity index (χ0) is 24.8. The molecule has 0 fully saturated rings. The van der Waals surface area contributed by atoms with Crippen LogP contribution in [0, 0.1) is 0 Å². The van der Waals surface area contributed by atoms with Crippen LogP contribution in [0.4, 0.5) is 5.69 Å². The highest BCUT2D eigenvalue weighted by molar-refractivity contribution is 7.80. The molecule has 0 atom stereocenters. The van der Waals surface area contributed by atoms with Gasteiger partial charge in [0.05, 0.1) is 6.61 Å². The minimum Gasteiger partial charge on any atom is -0.494 e. The molecule has 0 radical (unpaired) electrons. The van der Waals surface area contributed by atoms with Gasteiger partial charge in [0, 0.05) is 16.8 Å². The zero-order valence-corrected chi connectivity index (χ0v) is 20.9. The van der Waals surface area contributed by atoms with Gasteiger partial charge in [0.1, 0.15) is 11.3 Å². The van der Waals surface area contributed by atoms with E-state index in [-0.39, 0.29) is 11.0 Å². The van der Waals surface area contributed by atoms with E-state index in [0.717, 1.165) is 18.4 Å². The lowest BCUT2D eigenvalue weighted by Gasteiger charge is -2.10. The molecule has 2 N–H and O–H groups in total. The second kappa shape index (κ2) is 11.1. The van der Waals surface area contributed by atoms with E-state index in [1.165, 1.54) is 5.56 Å². The highest BCUT2D eigenvalue weighted by Gasteiger charge is 2.12. The molecule has 4 aromatic rings. The number of fused-ring (bicyclic) bond motifs is 1. The number of anilines is 1. The molecule has 0 unspecified atom stereocenters. The highest BCUT2D eigenvalue weighted by Crippen LogP contribution is 2.27. The Kier molecular flexibility index (Phi) is 7.77. The van der Waals surface area contributed by atoms with Crippen LogP contribution < -0.4 is 15.4 Å². The lowest BCUT2D eigenvalue weighted by molar-refractivity contribution is 0.0977. The number of hydrogen-bond donors (Lipinski definition) is 2. The van der Waals surface area contributed by atoms with Gasteiger partial charge in [-0.3, -0.25) is 10.1 Å². The molecular formula is C28H29N3O3S. The smallest absolute Gasteiger partial charge is 0.257 e. The number of nitrogens with zero attached hydrogens (tertiary/aromatic N) is 1. The molecule has 1 amide bonds. The summed E-state index contributed by atoms with van der Waals surface area (Å²) in [6.07, 6.45) is 2.01. The number of carbonyl (C=O) groups excluding carboxylic acids is 1. The van der Waals surface area contributed by atoms with E-state index in [0.29, 0.717) is 46.5 Å². The lowest BCUT2D eigenvalue weighted by atomic mass is 10.0. The largest absolute Gasteiger partial charge is 0.494 e. The molecule has 0 spiro atoms. The van der Waals surface area contributed by atoms with Crippen molar-refractivity contribution in [1.29, 1.82) is 0 Å². The Morgan fingerprint density at radius 2 is 1.89 bits per heavy atom. The van der Waals surface area contributed by atoms with Gasteiger partial charge >= 0.3 is 0 Å². The Balaban J connectivity index is 1.40. The molecule has 1 aromatic heterocycles. The highest BCUT2D eigenvalue weighted by atomic mass is 32.1. The second-order valence-electron chi connectivity index (χ2n) is 8.62. The number of hydrogen-bond acceptors (Lipinski definition) is 5. The van der Waals surface area contributed by atoms with Crippen molar-refractivity contribution in [2.24, 2.45) is 0 Å². The number of oxazole rings is 1. The number of unbranched alkanes of at least 4 members (excludes halogenated alkanes) is 1. The van der Waals surface area contributed by atoms with E-state index < -0.39 is 0 Å². The maximum atomic E-state index is 12.6. The predicted molar refractivity (Wildman–Crippen MR) is 144 cm³/mol. The van der Waals surface area contributed by atoms with E-state index in [1.807, 2.05) is 36.4 Å². The van der Waals surface area contributed by atoms with Crippen LogP contribution in [0.15, 0.2) is 71.1 Å². The van der Waals surface area contributed by atoms with Gasteiger partial charge in [-0.1, -0.05) is 45.4 Å². The molecule has 0 aliphatic heterocycles.